The van der Waals surface area contributed by atoms with Crippen molar-refractivity contribution in [1.82, 2.24) is 0 Å². The summed E-state index contributed by atoms with van der Waals surface area (Å²) in [6.45, 7) is 9.33. The smallest absolute Gasteiger partial charge is 0.313 e. The fourth-order valence-electron chi connectivity index (χ4n) is 5.82. The summed E-state index contributed by atoms with van der Waals surface area (Å²) in [4.78, 5) is 24.4. The average Bonchev–Trinajstić information content (AvgIpc) is 3.35. The Bertz CT molecular complexity index is 697. The first kappa shape index (κ1) is 14.9. The molecule has 130 valence electrons. The van der Waals surface area contributed by atoms with Gasteiger partial charge >= 0.3 is 11.9 Å². The van der Waals surface area contributed by atoms with Gasteiger partial charge in [0.2, 0.25) is 0 Å². The second kappa shape index (κ2) is 3.86. The molecule has 3 saturated heterocycles. The lowest BCUT2D eigenvalue weighted by Gasteiger charge is -2.54. The minimum Gasteiger partial charge on any atom is -0.458 e. The molecule has 2 aliphatic carbocycles. The second-order valence-electron chi connectivity index (χ2n) is 7.96. The van der Waals surface area contributed by atoms with E-state index in [0.717, 1.165) is 5.57 Å². The summed E-state index contributed by atoms with van der Waals surface area (Å²) in [7, 11) is 0. The Morgan fingerprint density at radius 1 is 1.38 bits per heavy atom. The molecule has 2 bridgehead atoms. The predicted molar refractivity (Wildman–Crippen MR) is 77.6 cm³/mol. The Labute approximate surface area is 138 Å². The van der Waals surface area contributed by atoms with Crippen LogP contribution in [0.25, 0.3) is 0 Å². The van der Waals surface area contributed by atoms with Crippen LogP contribution in [0.5, 0.6) is 0 Å². The number of epoxide rings is 2. The summed E-state index contributed by atoms with van der Waals surface area (Å²) in [5.74, 6) is -2.17. The van der Waals surface area contributed by atoms with E-state index < -0.39 is 58.7 Å². The lowest BCUT2D eigenvalue weighted by Crippen LogP contribution is -2.71. The lowest BCUT2D eigenvalue weighted by molar-refractivity contribution is -0.241. The number of carbonyl (C=O) groups is 2. The zero-order chi connectivity index (χ0) is 17.2. The monoisotopic (exact) mass is 336 g/mol. The number of hydrogen-bond acceptors (Lipinski definition) is 7. The molecule has 7 heteroatoms. The Morgan fingerprint density at radius 2 is 2.04 bits per heavy atom. The van der Waals surface area contributed by atoms with Crippen LogP contribution in [0.15, 0.2) is 12.2 Å². The second-order valence-corrected chi connectivity index (χ2v) is 7.96. The maximum atomic E-state index is 12.6. The van der Waals surface area contributed by atoms with E-state index in [2.05, 4.69) is 6.58 Å². The summed E-state index contributed by atoms with van der Waals surface area (Å²) in [5, 5.41) is 11.8. The van der Waals surface area contributed by atoms with Gasteiger partial charge in [-0.15, -0.1) is 0 Å². The summed E-state index contributed by atoms with van der Waals surface area (Å²) >= 11 is 0. The van der Waals surface area contributed by atoms with E-state index in [9.17, 15) is 14.7 Å². The van der Waals surface area contributed by atoms with Gasteiger partial charge in [0.05, 0.1) is 17.9 Å². The highest BCUT2D eigenvalue weighted by Crippen LogP contribution is 2.76. The maximum absolute atomic E-state index is 12.6. The van der Waals surface area contributed by atoms with E-state index in [1.54, 1.807) is 6.92 Å². The van der Waals surface area contributed by atoms with Crippen molar-refractivity contribution in [1.29, 1.82) is 0 Å². The zero-order valence-electron chi connectivity index (χ0n) is 13.8. The Morgan fingerprint density at radius 3 is 2.58 bits per heavy atom. The van der Waals surface area contributed by atoms with Gasteiger partial charge in [0.1, 0.15) is 29.5 Å². The van der Waals surface area contributed by atoms with Gasteiger partial charge in [-0.1, -0.05) is 12.2 Å². The van der Waals surface area contributed by atoms with E-state index >= 15 is 0 Å². The average molecular weight is 336 g/mol. The van der Waals surface area contributed by atoms with E-state index in [0.29, 0.717) is 6.61 Å². The summed E-state index contributed by atoms with van der Waals surface area (Å²) in [6, 6.07) is 0. The fourth-order valence-corrected chi connectivity index (χ4v) is 5.82. The highest BCUT2D eigenvalue weighted by Gasteiger charge is 2.95. The number of fused-ring (bicyclic) bond motifs is 8. The third-order valence-electron chi connectivity index (χ3n) is 6.97. The first-order valence-corrected chi connectivity index (χ1v) is 8.25. The molecule has 9 unspecified atom stereocenters. The molecule has 1 N–H and O–H groups in total. The van der Waals surface area contributed by atoms with Crippen molar-refractivity contribution in [3.63, 3.8) is 0 Å². The number of hydrogen-bond donors (Lipinski definition) is 1. The third-order valence-corrected chi connectivity index (χ3v) is 6.97. The van der Waals surface area contributed by atoms with Gasteiger partial charge in [-0.2, -0.15) is 0 Å². The van der Waals surface area contributed by atoms with Crippen molar-refractivity contribution in [3.05, 3.63) is 12.2 Å². The third kappa shape index (κ3) is 1.24. The fraction of sp³-hybridized carbons (Fsp3) is 0.765. The van der Waals surface area contributed by atoms with Gasteiger partial charge in [0.25, 0.3) is 0 Å². The molecule has 5 fully saturated rings. The Kier molecular flexibility index (Phi) is 2.39. The van der Waals surface area contributed by atoms with Crippen LogP contribution in [0.3, 0.4) is 0 Å². The molecule has 0 radical (unpaired) electrons. The van der Waals surface area contributed by atoms with Gasteiger partial charge in [0, 0.05) is 12.8 Å². The largest absolute Gasteiger partial charge is 0.458 e. The maximum Gasteiger partial charge on any atom is 0.313 e. The van der Waals surface area contributed by atoms with Crippen molar-refractivity contribution in [2.45, 2.75) is 56.4 Å². The van der Waals surface area contributed by atoms with Crippen LogP contribution in [0.4, 0.5) is 0 Å². The molecule has 5 aliphatic rings. The Balaban J connectivity index is 1.74. The number of rotatable bonds is 2. The van der Waals surface area contributed by atoms with Crippen molar-refractivity contribution in [2.24, 2.45) is 17.3 Å². The van der Waals surface area contributed by atoms with Gasteiger partial charge in [0.15, 0.2) is 6.10 Å². The normalized spacial score (nSPS) is 58.8. The molecule has 0 aromatic heterocycles. The molecule has 9 atom stereocenters. The van der Waals surface area contributed by atoms with Gasteiger partial charge < -0.3 is 24.1 Å². The molecule has 0 aromatic rings. The standard InChI is InChI=1S/C17H20O7/c1-6(2)8-9-14(19)23-10(8)11(22-7(3)18)15(4)16(5-21-16)12-13(24-12)17(9,15)20/h8-13,20H,1,5H2,2-4H3. The summed E-state index contributed by atoms with van der Waals surface area (Å²) in [5.41, 5.74) is -2.48. The van der Waals surface area contributed by atoms with E-state index in [1.807, 2.05) is 6.92 Å². The van der Waals surface area contributed by atoms with Gasteiger partial charge in [-0.3, -0.25) is 9.59 Å². The molecule has 3 aliphatic heterocycles. The SMILES string of the molecule is C=C(C)C1C2OC(=O)C1C1(O)C3OC3C3(CO3)C1(C)C2OC(C)=O. The molecule has 5 rings (SSSR count). The lowest BCUT2D eigenvalue weighted by atomic mass is 9.52. The molecule has 0 amide bonds. The van der Waals surface area contributed by atoms with Crippen LogP contribution < -0.4 is 0 Å². The van der Waals surface area contributed by atoms with E-state index in [1.165, 1.54) is 6.92 Å². The minimum atomic E-state index is -1.51. The summed E-state index contributed by atoms with van der Waals surface area (Å²) in [6.07, 6.45) is -2.25. The molecular formula is C17H20O7. The van der Waals surface area contributed by atoms with Crippen LogP contribution in [0.1, 0.15) is 20.8 Å². The summed E-state index contributed by atoms with van der Waals surface area (Å²) < 4.78 is 22.6. The number of carbonyl (C=O) groups excluding carboxylic acids is 2. The van der Waals surface area contributed by atoms with Crippen molar-refractivity contribution in [2.75, 3.05) is 6.61 Å². The minimum absolute atomic E-state index is 0.275. The first-order valence-electron chi connectivity index (χ1n) is 8.25. The van der Waals surface area contributed by atoms with Crippen molar-refractivity contribution in [3.8, 4) is 0 Å². The molecule has 2 saturated carbocycles. The van der Waals surface area contributed by atoms with Crippen LogP contribution in [-0.2, 0) is 28.5 Å². The number of ether oxygens (including phenoxy) is 4. The topological polar surface area (TPSA) is 97.9 Å². The number of esters is 2. The van der Waals surface area contributed by atoms with Crippen molar-refractivity contribution >= 4 is 11.9 Å². The highest BCUT2D eigenvalue weighted by molar-refractivity contribution is 5.80. The Hall–Kier alpha value is -1.44. The van der Waals surface area contributed by atoms with Crippen LogP contribution in [-0.4, -0.2) is 59.3 Å². The predicted octanol–water partition coefficient (Wildman–Crippen LogP) is -0.0470. The number of aliphatic hydroxyl groups is 1. The quantitative estimate of drug-likeness (QED) is 0.429. The van der Waals surface area contributed by atoms with E-state index in [4.69, 9.17) is 18.9 Å². The molecule has 0 aromatic carbocycles. The molecule has 1 spiro atoms. The molecular weight excluding hydrogens is 316 g/mol. The molecule has 24 heavy (non-hydrogen) atoms. The van der Waals surface area contributed by atoms with Gasteiger partial charge in [-0.05, 0) is 13.8 Å². The zero-order valence-corrected chi connectivity index (χ0v) is 13.8. The van der Waals surface area contributed by atoms with Gasteiger partial charge in [-0.25, -0.2) is 0 Å². The van der Waals surface area contributed by atoms with Crippen LogP contribution >= 0.6 is 0 Å². The van der Waals surface area contributed by atoms with E-state index in [-0.39, 0.29) is 6.10 Å². The molecule has 7 nitrogen and oxygen atoms in total. The van der Waals surface area contributed by atoms with Crippen LogP contribution in [0, 0.1) is 17.3 Å². The molecule has 3 heterocycles. The van der Waals surface area contributed by atoms with Crippen LogP contribution in [0.2, 0.25) is 0 Å². The highest BCUT2D eigenvalue weighted by atomic mass is 16.7. The first-order chi connectivity index (χ1) is 11.2. The van der Waals surface area contributed by atoms with Crippen molar-refractivity contribution < 1.29 is 33.6 Å².